The second kappa shape index (κ2) is 54.5. The molecular weight excluding hydrogens is 827 g/mol. The number of aliphatic hydroxyl groups is 2. The Bertz CT molecular complexity index is 1190. The molecule has 0 bridgehead atoms. The molecule has 0 fully saturated rings. The van der Waals surface area contributed by atoms with Gasteiger partial charge in [0.25, 0.3) is 0 Å². The summed E-state index contributed by atoms with van der Waals surface area (Å²) in [6.45, 7) is 6.39. The third-order valence-corrected chi connectivity index (χ3v) is 13.1. The Morgan fingerprint density at radius 3 is 1.21 bits per heavy atom. The van der Waals surface area contributed by atoms with Crippen LogP contribution in [0.4, 0.5) is 0 Å². The molecule has 1 amide bonds. The maximum atomic E-state index is 13.3. The SMILES string of the molecule is CC/C=C\C/C=C\C/C=C\C/C=C\C/C=C\CCCCCC(=O)OC(CCCCCCCCCCCCCCCC)CC(=O)NC(CO)C(O)CCCCCCCCCCCCCCCCC. The highest BCUT2D eigenvalue weighted by Crippen LogP contribution is 2.18. The number of allylic oxidation sites excluding steroid dienone is 10. The zero-order chi connectivity index (χ0) is 48.8. The van der Waals surface area contributed by atoms with E-state index in [2.05, 4.69) is 86.8 Å². The third kappa shape index (κ3) is 49.8. The first-order chi connectivity index (χ1) is 33.0. The predicted molar refractivity (Wildman–Crippen MR) is 292 cm³/mol. The second-order valence-corrected chi connectivity index (χ2v) is 19.7. The molecule has 0 radical (unpaired) electrons. The summed E-state index contributed by atoms with van der Waals surface area (Å²) in [5.74, 6) is -0.500. The fourth-order valence-corrected chi connectivity index (χ4v) is 8.75. The summed E-state index contributed by atoms with van der Waals surface area (Å²) in [6.07, 6.45) is 68.5. The van der Waals surface area contributed by atoms with Crippen LogP contribution in [0.2, 0.25) is 0 Å². The Kier molecular flexibility index (Phi) is 52.5. The van der Waals surface area contributed by atoms with Crippen molar-refractivity contribution in [1.29, 1.82) is 0 Å². The van der Waals surface area contributed by atoms with Gasteiger partial charge in [-0.3, -0.25) is 9.59 Å². The number of hydrogen-bond acceptors (Lipinski definition) is 5. The zero-order valence-corrected chi connectivity index (χ0v) is 44.5. The molecule has 3 N–H and O–H groups in total. The van der Waals surface area contributed by atoms with Crippen molar-refractivity contribution in [3.05, 3.63) is 60.8 Å². The third-order valence-electron chi connectivity index (χ3n) is 13.1. The molecule has 0 saturated carbocycles. The van der Waals surface area contributed by atoms with Crippen LogP contribution >= 0.6 is 0 Å². The van der Waals surface area contributed by atoms with Crippen molar-refractivity contribution in [2.24, 2.45) is 0 Å². The highest BCUT2D eigenvalue weighted by molar-refractivity contribution is 5.77. The van der Waals surface area contributed by atoms with E-state index in [0.29, 0.717) is 19.3 Å². The number of unbranched alkanes of at least 4 members (excludes halogenated alkanes) is 30. The molecule has 0 aliphatic rings. The van der Waals surface area contributed by atoms with E-state index in [1.165, 1.54) is 154 Å². The first-order valence-corrected chi connectivity index (χ1v) is 29.0. The first kappa shape index (κ1) is 64.6. The van der Waals surface area contributed by atoms with Crippen molar-refractivity contribution in [3.8, 4) is 0 Å². The summed E-state index contributed by atoms with van der Waals surface area (Å²) in [5.41, 5.74) is 0. The van der Waals surface area contributed by atoms with Crippen molar-refractivity contribution < 1.29 is 24.5 Å². The number of esters is 1. The molecule has 390 valence electrons. The minimum Gasteiger partial charge on any atom is -0.462 e. The van der Waals surface area contributed by atoms with Crippen molar-refractivity contribution in [2.45, 2.75) is 309 Å². The Morgan fingerprint density at radius 1 is 0.448 bits per heavy atom. The Balaban J connectivity index is 4.59. The van der Waals surface area contributed by atoms with Crippen LogP contribution in [-0.2, 0) is 14.3 Å². The first-order valence-electron chi connectivity index (χ1n) is 29.0. The topological polar surface area (TPSA) is 95.9 Å². The van der Waals surface area contributed by atoms with Gasteiger partial charge in [-0.05, 0) is 70.6 Å². The highest BCUT2D eigenvalue weighted by atomic mass is 16.5. The molecule has 6 heteroatoms. The molecule has 0 aliphatic heterocycles. The van der Waals surface area contributed by atoms with Gasteiger partial charge in [0, 0.05) is 6.42 Å². The fraction of sp³-hybridized carbons (Fsp3) is 0.803. The van der Waals surface area contributed by atoms with Crippen molar-refractivity contribution in [3.63, 3.8) is 0 Å². The van der Waals surface area contributed by atoms with Gasteiger partial charge in [0.05, 0.1) is 25.2 Å². The molecule has 0 aromatic rings. The van der Waals surface area contributed by atoms with Crippen LogP contribution in [0.3, 0.4) is 0 Å². The minimum atomic E-state index is -0.794. The average Bonchev–Trinajstić information content (AvgIpc) is 3.32. The number of ether oxygens (including phenoxy) is 1. The molecule has 0 saturated heterocycles. The van der Waals surface area contributed by atoms with Crippen molar-refractivity contribution >= 4 is 11.9 Å². The standard InChI is InChI=1S/C61H111NO5/c1-4-7-10-13-16-19-22-25-28-29-30-31-33-36-39-42-45-48-51-54-61(66)67-57(52-49-46-43-40-37-34-27-24-21-18-15-12-9-6-3)55-60(65)62-58(56-63)59(64)53-50-47-44-41-38-35-32-26-23-20-17-14-11-8-5-2/h7,10,16,19,25,28,30-31,36,39,57-59,63-64H,4-6,8-9,11-15,17-18,20-24,26-27,29,32-35,37-38,40-56H2,1-3H3,(H,62,65)/b10-7-,19-16-,28-25-,31-30-,39-36-. The van der Waals surface area contributed by atoms with Crippen LogP contribution < -0.4 is 5.32 Å². The van der Waals surface area contributed by atoms with Crippen molar-refractivity contribution in [1.82, 2.24) is 5.32 Å². The van der Waals surface area contributed by atoms with Crippen LogP contribution in [0, 0.1) is 0 Å². The largest absolute Gasteiger partial charge is 0.462 e. The van der Waals surface area contributed by atoms with Gasteiger partial charge in [-0.25, -0.2) is 0 Å². The molecule has 3 atom stereocenters. The predicted octanol–water partition coefficient (Wildman–Crippen LogP) is 18.0. The van der Waals surface area contributed by atoms with E-state index >= 15 is 0 Å². The summed E-state index contributed by atoms with van der Waals surface area (Å²) in [4.78, 5) is 26.3. The van der Waals surface area contributed by atoms with E-state index < -0.39 is 18.2 Å². The van der Waals surface area contributed by atoms with Gasteiger partial charge >= 0.3 is 5.97 Å². The quantitative estimate of drug-likeness (QED) is 0.0321. The molecule has 67 heavy (non-hydrogen) atoms. The van der Waals surface area contributed by atoms with E-state index in [1.54, 1.807) is 0 Å². The van der Waals surface area contributed by atoms with Gasteiger partial charge in [0.2, 0.25) is 5.91 Å². The zero-order valence-electron chi connectivity index (χ0n) is 44.5. The molecule has 0 heterocycles. The Hall–Kier alpha value is -2.44. The van der Waals surface area contributed by atoms with E-state index in [1.807, 2.05) is 0 Å². The van der Waals surface area contributed by atoms with Gasteiger partial charge in [-0.15, -0.1) is 0 Å². The maximum Gasteiger partial charge on any atom is 0.306 e. The summed E-state index contributed by atoms with van der Waals surface area (Å²) in [7, 11) is 0. The summed E-state index contributed by atoms with van der Waals surface area (Å²) in [5, 5.41) is 23.9. The number of rotatable bonds is 52. The van der Waals surface area contributed by atoms with Gasteiger partial charge in [0.15, 0.2) is 0 Å². The average molecular weight is 939 g/mol. The molecule has 6 nitrogen and oxygen atoms in total. The van der Waals surface area contributed by atoms with Crippen molar-refractivity contribution in [2.75, 3.05) is 6.61 Å². The molecule has 0 rings (SSSR count). The second-order valence-electron chi connectivity index (χ2n) is 19.7. The molecular formula is C61H111NO5. The Morgan fingerprint density at radius 2 is 0.806 bits per heavy atom. The smallest absolute Gasteiger partial charge is 0.306 e. The van der Waals surface area contributed by atoms with Crippen LogP contribution in [0.5, 0.6) is 0 Å². The molecule has 0 aliphatic carbocycles. The lowest BCUT2D eigenvalue weighted by atomic mass is 10.0. The van der Waals surface area contributed by atoms with E-state index in [-0.39, 0.29) is 24.9 Å². The normalized spacial score (nSPS) is 13.6. The minimum absolute atomic E-state index is 0.0659. The van der Waals surface area contributed by atoms with Crippen LogP contribution in [0.1, 0.15) is 290 Å². The molecule has 0 spiro atoms. The van der Waals surface area contributed by atoms with E-state index in [0.717, 1.165) is 89.9 Å². The van der Waals surface area contributed by atoms with Gasteiger partial charge < -0.3 is 20.3 Å². The number of aliphatic hydroxyl groups excluding tert-OH is 2. The fourth-order valence-electron chi connectivity index (χ4n) is 8.75. The summed E-state index contributed by atoms with van der Waals surface area (Å²) >= 11 is 0. The van der Waals surface area contributed by atoms with Crippen LogP contribution in [-0.4, -0.2) is 46.9 Å². The lowest BCUT2D eigenvalue weighted by molar-refractivity contribution is -0.151. The van der Waals surface area contributed by atoms with E-state index in [9.17, 15) is 19.8 Å². The highest BCUT2D eigenvalue weighted by Gasteiger charge is 2.24. The molecule has 0 aromatic heterocycles. The maximum absolute atomic E-state index is 13.3. The lowest BCUT2D eigenvalue weighted by Gasteiger charge is -2.24. The van der Waals surface area contributed by atoms with Gasteiger partial charge in [-0.1, -0.05) is 268 Å². The lowest BCUT2D eigenvalue weighted by Crippen LogP contribution is -2.46. The number of amides is 1. The summed E-state index contributed by atoms with van der Waals surface area (Å²) in [6, 6.07) is -0.709. The van der Waals surface area contributed by atoms with Gasteiger partial charge in [-0.2, -0.15) is 0 Å². The summed E-state index contributed by atoms with van der Waals surface area (Å²) < 4.78 is 5.95. The molecule has 3 unspecified atom stereocenters. The molecule has 0 aromatic carbocycles. The van der Waals surface area contributed by atoms with Gasteiger partial charge in [0.1, 0.15) is 6.10 Å². The monoisotopic (exact) mass is 938 g/mol. The number of carbonyl (C=O) groups is 2. The Labute approximate surface area is 416 Å². The van der Waals surface area contributed by atoms with Crippen LogP contribution in [0.25, 0.3) is 0 Å². The number of carbonyl (C=O) groups excluding carboxylic acids is 2. The van der Waals surface area contributed by atoms with Crippen LogP contribution in [0.15, 0.2) is 60.8 Å². The number of hydrogen-bond donors (Lipinski definition) is 3. The van der Waals surface area contributed by atoms with E-state index in [4.69, 9.17) is 4.74 Å². The number of nitrogens with one attached hydrogen (secondary N) is 1.